The molecule has 2 aromatic carbocycles. The number of aryl methyl sites for hydroxylation is 1. The number of nitrogens with one attached hydrogen (secondary N) is 1. The van der Waals surface area contributed by atoms with E-state index in [1.807, 2.05) is 25.1 Å². The maximum Gasteiger partial charge on any atom is 0.358 e. The number of fused-ring (bicyclic) bond motifs is 3. The van der Waals surface area contributed by atoms with Gasteiger partial charge in [0, 0.05) is 10.9 Å². The third-order valence-electron chi connectivity index (χ3n) is 4.39. The van der Waals surface area contributed by atoms with Gasteiger partial charge in [0.15, 0.2) is 11.4 Å². The highest BCUT2D eigenvalue weighted by atomic mass is 32.2. The van der Waals surface area contributed by atoms with Crippen LogP contribution in [0.3, 0.4) is 0 Å². The average molecular weight is 396 g/mol. The number of methoxy groups -OCH3 is 1. The summed E-state index contributed by atoms with van der Waals surface area (Å²) in [4.78, 5) is 19.3. The molecule has 0 radical (unpaired) electrons. The number of H-pyrrole nitrogens is 1. The van der Waals surface area contributed by atoms with Gasteiger partial charge in [-0.1, -0.05) is 35.9 Å². The first-order valence-corrected chi connectivity index (χ1v) is 9.80. The Labute approximate surface area is 161 Å². The standard InChI is InChI=1S/C20H16N2O5S/c1-12-7-9-13(10-8-12)28(24,25)27-16-11-21-19(20(23)26-2)18-17(16)14-5-3-4-6-15(14)22-18/h3-11,22H,1-2H3. The summed E-state index contributed by atoms with van der Waals surface area (Å²) in [6, 6.07) is 13.6. The molecular weight excluding hydrogens is 380 g/mol. The molecule has 0 bridgehead atoms. The third kappa shape index (κ3) is 2.97. The Kier molecular flexibility index (Phi) is 4.27. The third-order valence-corrected chi connectivity index (χ3v) is 5.64. The summed E-state index contributed by atoms with van der Waals surface area (Å²) in [6.45, 7) is 1.86. The second-order valence-electron chi connectivity index (χ2n) is 6.23. The van der Waals surface area contributed by atoms with Crippen molar-refractivity contribution >= 4 is 37.9 Å². The zero-order valence-electron chi connectivity index (χ0n) is 15.1. The minimum Gasteiger partial charge on any atom is -0.464 e. The fraction of sp³-hybridized carbons (Fsp3) is 0.100. The molecule has 142 valence electrons. The van der Waals surface area contributed by atoms with Crippen molar-refractivity contribution < 1.29 is 22.1 Å². The van der Waals surface area contributed by atoms with Crippen LogP contribution in [0.4, 0.5) is 0 Å². The summed E-state index contributed by atoms with van der Waals surface area (Å²) in [5, 5.41) is 1.15. The van der Waals surface area contributed by atoms with Crippen LogP contribution in [0.5, 0.6) is 5.75 Å². The fourth-order valence-electron chi connectivity index (χ4n) is 3.01. The van der Waals surface area contributed by atoms with Crippen molar-refractivity contribution in [1.29, 1.82) is 0 Å². The van der Waals surface area contributed by atoms with Gasteiger partial charge in [-0.15, -0.1) is 0 Å². The van der Waals surface area contributed by atoms with Gasteiger partial charge in [-0.2, -0.15) is 8.42 Å². The molecule has 0 spiro atoms. The lowest BCUT2D eigenvalue weighted by molar-refractivity contribution is 0.0596. The minimum absolute atomic E-state index is 0.0284. The topological polar surface area (TPSA) is 98.3 Å². The van der Waals surface area contributed by atoms with Crippen molar-refractivity contribution in [2.24, 2.45) is 0 Å². The van der Waals surface area contributed by atoms with Crippen molar-refractivity contribution in [3.05, 3.63) is 66.0 Å². The highest BCUT2D eigenvalue weighted by Crippen LogP contribution is 2.35. The van der Waals surface area contributed by atoms with Crippen molar-refractivity contribution in [3.8, 4) is 5.75 Å². The van der Waals surface area contributed by atoms with E-state index in [0.29, 0.717) is 21.8 Å². The number of hydrogen-bond donors (Lipinski definition) is 1. The molecule has 0 atom stereocenters. The van der Waals surface area contributed by atoms with Crippen molar-refractivity contribution in [2.45, 2.75) is 11.8 Å². The van der Waals surface area contributed by atoms with Gasteiger partial charge in [0.25, 0.3) is 0 Å². The number of pyridine rings is 1. The van der Waals surface area contributed by atoms with Crippen LogP contribution in [0.2, 0.25) is 0 Å². The molecule has 0 saturated heterocycles. The molecule has 0 fully saturated rings. The Hall–Kier alpha value is -3.39. The van der Waals surface area contributed by atoms with Gasteiger partial charge in [0.2, 0.25) is 0 Å². The van der Waals surface area contributed by atoms with Gasteiger partial charge >= 0.3 is 16.1 Å². The lowest BCUT2D eigenvalue weighted by Gasteiger charge is -2.09. The molecule has 2 heterocycles. The quantitative estimate of drug-likeness (QED) is 0.418. The summed E-state index contributed by atoms with van der Waals surface area (Å²) in [7, 11) is -2.82. The predicted octanol–water partition coefficient (Wildman–Crippen LogP) is 3.58. The highest BCUT2D eigenvalue weighted by Gasteiger charge is 2.24. The second-order valence-corrected chi connectivity index (χ2v) is 7.78. The zero-order chi connectivity index (χ0) is 19.9. The molecule has 0 aliphatic carbocycles. The van der Waals surface area contributed by atoms with Crippen LogP contribution in [0.15, 0.2) is 59.6 Å². The van der Waals surface area contributed by atoms with Gasteiger partial charge in [0.1, 0.15) is 4.90 Å². The van der Waals surface area contributed by atoms with Gasteiger partial charge in [0.05, 0.1) is 24.2 Å². The molecule has 8 heteroatoms. The number of benzene rings is 2. The number of aromatic nitrogens is 2. The SMILES string of the molecule is COC(=O)c1ncc(OS(=O)(=O)c2ccc(C)cc2)c2c1[nH]c1ccccc12. The molecule has 4 aromatic rings. The van der Waals surface area contributed by atoms with Gasteiger partial charge in [-0.05, 0) is 25.1 Å². The van der Waals surface area contributed by atoms with E-state index in [0.717, 1.165) is 5.56 Å². The van der Waals surface area contributed by atoms with E-state index in [9.17, 15) is 13.2 Å². The Morgan fingerprint density at radius 1 is 1.07 bits per heavy atom. The van der Waals surface area contributed by atoms with Gasteiger partial charge in [-0.3, -0.25) is 0 Å². The number of para-hydroxylation sites is 1. The lowest BCUT2D eigenvalue weighted by Crippen LogP contribution is -2.11. The molecule has 28 heavy (non-hydrogen) atoms. The monoisotopic (exact) mass is 396 g/mol. The van der Waals surface area contributed by atoms with E-state index in [2.05, 4.69) is 9.97 Å². The largest absolute Gasteiger partial charge is 0.464 e. The van der Waals surface area contributed by atoms with Crippen LogP contribution >= 0.6 is 0 Å². The van der Waals surface area contributed by atoms with E-state index in [1.165, 1.54) is 25.4 Å². The Bertz CT molecular complexity index is 1310. The molecule has 0 amide bonds. The Morgan fingerprint density at radius 2 is 1.79 bits per heavy atom. The van der Waals surface area contributed by atoms with Crippen molar-refractivity contribution in [3.63, 3.8) is 0 Å². The number of esters is 1. The summed E-state index contributed by atoms with van der Waals surface area (Å²) in [6.07, 6.45) is 1.22. The highest BCUT2D eigenvalue weighted by molar-refractivity contribution is 7.87. The normalized spacial score (nSPS) is 11.6. The van der Waals surface area contributed by atoms with Crippen LogP contribution in [-0.4, -0.2) is 31.5 Å². The molecule has 4 rings (SSSR count). The zero-order valence-corrected chi connectivity index (χ0v) is 15.9. The van der Waals surface area contributed by atoms with E-state index in [-0.39, 0.29) is 16.3 Å². The van der Waals surface area contributed by atoms with Crippen molar-refractivity contribution in [1.82, 2.24) is 9.97 Å². The number of nitrogens with zero attached hydrogens (tertiary/aromatic N) is 1. The predicted molar refractivity (Wildman–Crippen MR) is 104 cm³/mol. The second kappa shape index (κ2) is 6.65. The fourth-order valence-corrected chi connectivity index (χ4v) is 3.94. The smallest absolute Gasteiger partial charge is 0.358 e. The Morgan fingerprint density at radius 3 is 2.50 bits per heavy atom. The first-order valence-electron chi connectivity index (χ1n) is 8.39. The van der Waals surface area contributed by atoms with Crippen LogP contribution in [0.25, 0.3) is 21.8 Å². The van der Waals surface area contributed by atoms with Gasteiger partial charge < -0.3 is 13.9 Å². The van der Waals surface area contributed by atoms with E-state index in [1.54, 1.807) is 18.2 Å². The summed E-state index contributed by atoms with van der Waals surface area (Å²) < 4.78 is 35.7. The molecule has 0 unspecified atom stereocenters. The molecule has 1 N–H and O–H groups in total. The average Bonchev–Trinajstić information content (AvgIpc) is 3.08. The number of rotatable bonds is 4. The minimum atomic E-state index is -4.08. The molecule has 7 nitrogen and oxygen atoms in total. The van der Waals surface area contributed by atoms with Crippen LogP contribution in [0.1, 0.15) is 16.1 Å². The Balaban J connectivity index is 1.92. The maximum absolute atomic E-state index is 12.7. The van der Waals surface area contributed by atoms with Crippen LogP contribution < -0.4 is 4.18 Å². The molecule has 0 saturated carbocycles. The van der Waals surface area contributed by atoms with Crippen LogP contribution in [0, 0.1) is 6.92 Å². The van der Waals surface area contributed by atoms with Crippen LogP contribution in [-0.2, 0) is 14.9 Å². The number of carbonyl (C=O) groups is 1. The maximum atomic E-state index is 12.7. The lowest BCUT2D eigenvalue weighted by atomic mass is 10.1. The van der Waals surface area contributed by atoms with Gasteiger partial charge in [-0.25, -0.2) is 9.78 Å². The number of aromatic amines is 1. The van der Waals surface area contributed by atoms with E-state index >= 15 is 0 Å². The van der Waals surface area contributed by atoms with Crippen molar-refractivity contribution in [2.75, 3.05) is 7.11 Å². The first-order chi connectivity index (χ1) is 13.4. The molecule has 0 aliphatic heterocycles. The number of carbonyl (C=O) groups excluding carboxylic acids is 1. The summed E-state index contributed by atoms with van der Waals surface area (Å²) in [5.41, 5.74) is 2.05. The molecule has 0 aliphatic rings. The first kappa shape index (κ1) is 18.0. The summed E-state index contributed by atoms with van der Waals surface area (Å²) in [5.74, 6) is -0.606. The number of hydrogen-bond acceptors (Lipinski definition) is 6. The van der Waals surface area contributed by atoms with E-state index in [4.69, 9.17) is 8.92 Å². The number of ether oxygens (including phenoxy) is 1. The molecule has 2 aromatic heterocycles. The van der Waals surface area contributed by atoms with E-state index < -0.39 is 16.1 Å². The molecular formula is C20H16N2O5S. The summed E-state index contributed by atoms with van der Waals surface area (Å²) >= 11 is 0.